The molecule has 0 amide bonds. The van der Waals surface area contributed by atoms with Crippen LogP contribution in [0.5, 0.6) is 0 Å². The quantitative estimate of drug-likeness (QED) is 0.503. The first kappa shape index (κ1) is 12.5. The molecule has 0 aromatic rings. The largest absolute Gasteiger partial charge is 0.364 e. The summed E-state index contributed by atoms with van der Waals surface area (Å²) in [4.78, 5) is 0.149. The molecule has 1 saturated heterocycles. The maximum atomic E-state index is 6.18. The van der Waals surface area contributed by atoms with E-state index in [-0.39, 0.29) is 4.93 Å². The van der Waals surface area contributed by atoms with Crippen molar-refractivity contribution in [2.24, 2.45) is 5.41 Å². The van der Waals surface area contributed by atoms with Gasteiger partial charge in [0.05, 0.1) is 0 Å². The lowest BCUT2D eigenvalue weighted by atomic mass is 9.79. The van der Waals surface area contributed by atoms with Gasteiger partial charge in [-0.1, -0.05) is 19.4 Å². The molecule has 92 valence electrons. The summed E-state index contributed by atoms with van der Waals surface area (Å²) < 4.78 is 6.18. The minimum absolute atomic E-state index is 0.149. The van der Waals surface area contributed by atoms with Crippen molar-refractivity contribution in [1.82, 2.24) is 0 Å². The summed E-state index contributed by atoms with van der Waals surface area (Å²) in [5.74, 6) is 1.26. The number of unbranched alkanes of at least 4 members (excludes halogenated alkanes) is 1. The van der Waals surface area contributed by atoms with Gasteiger partial charge in [0.15, 0.2) is 0 Å². The van der Waals surface area contributed by atoms with Crippen LogP contribution in [-0.4, -0.2) is 17.3 Å². The van der Waals surface area contributed by atoms with Crippen molar-refractivity contribution < 1.29 is 4.74 Å². The Morgan fingerprint density at radius 3 is 3.00 bits per heavy atom. The van der Waals surface area contributed by atoms with Crippen molar-refractivity contribution in [2.45, 2.75) is 56.8 Å². The Kier molecular flexibility index (Phi) is 4.01. The van der Waals surface area contributed by atoms with Gasteiger partial charge in [-0.3, -0.25) is 0 Å². The smallest absolute Gasteiger partial charge is 0.119 e. The average molecular weight is 240 g/mol. The van der Waals surface area contributed by atoms with Crippen LogP contribution in [0, 0.1) is 5.41 Å². The molecule has 0 radical (unpaired) electrons. The number of thioether (sulfide) groups is 1. The van der Waals surface area contributed by atoms with Crippen LogP contribution in [0.4, 0.5) is 0 Å². The molecule has 1 heterocycles. The summed E-state index contributed by atoms with van der Waals surface area (Å²) in [7, 11) is 0. The van der Waals surface area contributed by atoms with E-state index >= 15 is 0 Å². The first-order valence-corrected chi connectivity index (χ1v) is 7.66. The maximum absolute atomic E-state index is 6.18. The second-order valence-corrected chi connectivity index (χ2v) is 6.54. The van der Waals surface area contributed by atoms with Crippen LogP contribution < -0.4 is 0 Å². The van der Waals surface area contributed by atoms with E-state index in [0.29, 0.717) is 5.41 Å². The first-order valence-electron chi connectivity index (χ1n) is 6.67. The molecule has 0 aromatic heterocycles. The van der Waals surface area contributed by atoms with Crippen LogP contribution >= 0.6 is 11.8 Å². The Hall–Kier alpha value is 0.0500. The molecule has 2 fully saturated rings. The van der Waals surface area contributed by atoms with Crippen molar-refractivity contribution >= 4 is 11.8 Å². The van der Waals surface area contributed by atoms with E-state index in [1.165, 1.54) is 44.3 Å². The van der Waals surface area contributed by atoms with Crippen molar-refractivity contribution in [3.63, 3.8) is 0 Å². The minimum atomic E-state index is 0.149. The Morgan fingerprint density at radius 2 is 2.25 bits per heavy atom. The topological polar surface area (TPSA) is 9.23 Å². The second kappa shape index (κ2) is 5.14. The fourth-order valence-electron chi connectivity index (χ4n) is 3.35. The highest BCUT2D eigenvalue weighted by Gasteiger charge is 2.58. The molecule has 0 spiro atoms. The Morgan fingerprint density at radius 1 is 1.38 bits per heavy atom. The van der Waals surface area contributed by atoms with Gasteiger partial charge in [0.1, 0.15) is 4.93 Å². The van der Waals surface area contributed by atoms with Crippen molar-refractivity contribution in [3.05, 3.63) is 12.7 Å². The zero-order chi connectivity index (χ0) is 11.5. The Labute approximate surface area is 104 Å². The zero-order valence-corrected chi connectivity index (χ0v) is 11.3. The average Bonchev–Trinajstić information content (AvgIpc) is 2.73. The maximum Gasteiger partial charge on any atom is 0.119 e. The van der Waals surface area contributed by atoms with Gasteiger partial charge in [0, 0.05) is 12.0 Å². The SMILES string of the molecule is C=CCC12CCCC1(SCCCC)OCC2. The van der Waals surface area contributed by atoms with Crippen LogP contribution in [0.1, 0.15) is 51.9 Å². The van der Waals surface area contributed by atoms with Crippen LogP contribution in [-0.2, 0) is 4.74 Å². The van der Waals surface area contributed by atoms with Crippen LogP contribution in [0.15, 0.2) is 12.7 Å². The number of hydrogen-bond acceptors (Lipinski definition) is 2. The molecule has 2 rings (SSSR count). The normalized spacial score (nSPS) is 37.6. The predicted octanol–water partition coefficient (Wildman–Crippen LogP) is 4.38. The fourth-order valence-corrected chi connectivity index (χ4v) is 5.16. The van der Waals surface area contributed by atoms with E-state index in [2.05, 4.69) is 31.3 Å². The predicted molar refractivity (Wildman–Crippen MR) is 71.8 cm³/mol. The number of hydrogen-bond donors (Lipinski definition) is 0. The van der Waals surface area contributed by atoms with E-state index in [1.54, 1.807) is 0 Å². The number of rotatable bonds is 6. The monoisotopic (exact) mass is 240 g/mol. The minimum Gasteiger partial charge on any atom is -0.364 e. The van der Waals surface area contributed by atoms with Gasteiger partial charge in [-0.05, 0) is 44.3 Å². The van der Waals surface area contributed by atoms with Gasteiger partial charge < -0.3 is 4.74 Å². The van der Waals surface area contributed by atoms with Crippen molar-refractivity contribution in [2.75, 3.05) is 12.4 Å². The molecule has 2 unspecified atom stereocenters. The van der Waals surface area contributed by atoms with Gasteiger partial charge in [-0.2, -0.15) is 0 Å². The lowest BCUT2D eigenvalue weighted by Gasteiger charge is -2.38. The van der Waals surface area contributed by atoms with Gasteiger partial charge >= 0.3 is 0 Å². The van der Waals surface area contributed by atoms with Crippen LogP contribution in [0.25, 0.3) is 0 Å². The van der Waals surface area contributed by atoms with E-state index in [9.17, 15) is 0 Å². The molecule has 0 bridgehead atoms. The molecule has 16 heavy (non-hydrogen) atoms. The van der Waals surface area contributed by atoms with Crippen LogP contribution in [0.3, 0.4) is 0 Å². The van der Waals surface area contributed by atoms with Gasteiger partial charge in [0.25, 0.3) is 0 Å². The second-order valence-electron chi connectivity index (χ2n) is 5.18. The zero-order valence-electron chi connectivity index (χ0n) is 10.5. The standard InChI is InChI=1S/C14H24OS/c1-3-5-12-16-14-9-6-8-13(14,7-4-2)10-11-15-14/h4H,2-3,5-12H2,1H3. The molecule has 1 saturated carbocycles. The fraction of sp³-hybridized carbons (Fsp3) is 0.857. The molecular weight excluding hydrogens is 216 g/mol. The third-order valence-corrected chi connectivity index (χ3v) is 5.97. The highest BCUT2D eigenvalue weighted by molar-refractivity contribution is 8.00. The van der Waals surface area contributed by atoms with E-state index in [1.807, 2.05) is 0 Å². The molecule has 0 aromatic carbocycles. The summed E-state index contributed by atoms with van der Waals surface area (Å²) in [6.45, 7) is 7.17. The molecule has 2 heteroatoms. The number of fused-ring (bicyclic) bond motifs is 1. The molecule has 2 aliphatic rings. The third kappa shape index (κ3) is 1.95. The lowest BCUT2D eigenvalue weighted by Crippen LogP contribution is -2.37. The van der Waals surface area contributed by atoms with Crippen LogP contribution in [0.2, 0.25) is 0 Å². The van der Waals surface area contributed by atoms with Gasteiger partial charge in [-0.15, -0.1) is 18.3 Å². The van der Waals surface area contributed by atoms with Crippen molar-refractivity contribution in [3.8, 4) is 0 Å². The highest BCUT2D eigenvalue weighted by atomic mass is 32.2. The Balaban J connectivity index is 2.06. The number of allylic oxidation sites excluding steroid dienone is 1. The summed E-state index contributed by atoms with van der Waals surface area (Å²) in [6.07, 6.45) is 11.1. The van der Waals surface area contributed by atoms with E-state index in [4.69, 9.17) is 4.74 Å². The summed E-state index contributed by atoms with van der Waals surface area (Å²) in [5.41, 5.74) is 0.424. The molecule has 1 aliphatic carbocycles. The first-order chi connectivity index (χ1) is 7.79. The molecule has 1 nitrogen and oxygen atoms in total. The summed E-state index contributed by atoms with van der Waals surface area (Å²) in [5, 5.41) is 0. The number of ether oxygens (including phenoxy) is 1. The molecule has 0 N–H and O–H groups in total. The highest BCUT2D eigenvalue weighted by Crippen LogP contribution is 2.62. The Bertz CT molecular complexity index is 239. The molecule has 1 aliphatic heterocycles. The summed E-state index contributed by atoms with van der Waals surface area (Å²) >= 11 is 2.10. The van der Waals surface area contributed by atoms with E-state index in [0.717, 1.165) is 13.0 Å². The lowest BCUT2D eigenvalue weighted by molar-refractivity contribution is 0.0387. The third-order valence-electron chi connectivity index (χ3n) is 4.25. The van der Waals surface area contributed by atoms with Crippen molar-refractivity contribution in [1.29, 1.82) is 0 Å². The molecule has 2 atom stereocenters. The van der Waals surface area contributed by atoms with E-state index < -0.39 is 0 Å². The van der Waals surface area contributed by atoms with Gasteiger partial charge in [-0.25, -0.2) is 0 Å². The van der Waals surface area contributed by atoms with Gasteiger partial charge in [0.2, 0.25) is 0 Å². The summed E-state index contributed by atoms with van der Waals surface area (Å²) in [6, 6.07) is 0. The molecular formula is C14H24OS.